The average molecular weight is 209 g/mol. The standard InChI is InChI=1S/C11H19N3O/c1-8(2)10-4-5-14(6-10)7-11-12-9(3)13-15-11/h8,10H,4-7H2,1-3H3/t10-/m1/s1. The molecule has 0 N–H and O–H groups in total. The number of hydrogen-bond acceptors (Lipinski definition) is 4. The van der Waals surface area contributed by atoms with Gasteiger partial charge in [0.05, 0.1) is 6.54 Å². The minimum atomic E-state index is 0.726. The SMILES string of the molecule is Cc1noc(CN2CC[C@@H](C(C)C)C2)n1. The van der Waals surface area contributed by atoms with E-state index >= 15 is 0 Å². The largest absolute Gasteiger partial charge is 0.338 e. The average Bonchev–Trinajstić information content (AvgIpc) is 2.76. The van der Waals surface area contributed by atoms with Gasteiger partial charge in [-0.05, 0) is 31.7 Å². The van der Waals surface area contributed by atoms with Crippen molar-refractivity contribution >= 4 is 0 Å². The Morgan fingerprint density at radius 3 is 2.87 bits per heavy atom. The zero-order chi connectivity index (χ0) is 10.8. The molecule has 0 bridgehead atoms. The highest BCUT2D eigenvalue weighted by Gasteiger charge is 2.25. The van der Waals surface area contributed by atoms with Gasteiger partial charge < -0.3 is 4.52 Å². The van der Waals surface area contributed by atoms with Gasteiger partial charge in [0.2, 0.25) is 5.89 Å². The summed E-state index contributed by atoms with van der Waals surface area (Å²) in [5.41, 5.74) is 0. The third kappa shape index (κ3) is 2.56. The second-order valence-electron chi connectivity index (χ2n) is 4.76. The second-order valence-corrected chi connectivity index (χ2v) is 4.76. The highest BCUT2D eigenvalue weighted by Crippen LogP contribution is 2.24. The molecule has 1 fully saturated rings. The van der Waals surface area contributed by atoms with E-state index in [0.29, 0.717) is 0 Å². The third-order valence-electron chi connectivity index (χ3n) is 3.18. The molecule has 0 aliphatic carbocycles. The summed E-state index contributed by atoms with van der Waals surface area (Å²) in [6, 6.07) is 0. The second kappa shape index (κ2) is 4.31. The summed E-state index contributed by atoms with van der Waals surface area (Å²) in [7, 11) is 0. The molecular weight excluding hydrogens is 190 g/mol. The van der Waals surface area contributed by atoms with Crippen molar-refractivity contribution < 1.29 is 4.52 Å². The lowest BCUT2D eigenvalue weighted by molar-refractivity contribution is 0.251. The fourth-order valence-electron chi connectivity index (χ4n) is 2.15. The molecule has 0 unspecified atom stereocenters. The number of nitrogens with zero attached hydrogens (tertiary/aromatic N) is 3. The van der Waals surface area contributed by atoms with Crippen LogP contribution >= 0.6 is 0 Å². The fourth-order valence-corrected chi connectivity index (χ4v) is 2.15. The molecule has 1 aromatic rings. The van der Waals surface area contributed by atoms with Gasteiger partial charge in [-0.25, -0.2) is 0 Å². The van der Waals surface area contributed by atoms with Gasteiger partial charge in [0.1, 0.15) is 0 Å². The molecule has 2 rings (SSSR count). The highest BCUT2D eigenvalue weighted by atomic mass is 16.5. The third-order valence-corrected chi connectivity index (χ3v) is 3.18. The van der Waals surface area contributed by atoms with Crippen LogP contribution in [0.4, 0.5) is 0 Å². The maximum absolute atomic E-state index is 5.12. The number of rotatable bonds is 3. The Morgan fingerprint density at radius 1 is 1.53 bits per heavy atom. The number of aromatic nitrogens is 2. The van der Waals surface area contributed by atoms with Crippen LogP contribution in [-0.4, -0.2) is 28.1 Å². The van der Waals surface area contributed by atoms with Gasteiger partial charge in [0.25, 0.3) is 0 Å². The van der Waals surface area contributed by atoms with E-state index in [-0.39, 0.29) is 0 Å². The van der Waals surface area contributed by atoms with Gasteiger partial charge in [-0.3, -0.25) is 4.90 Å². The van der Waals surface area contributed by atoms with Gasteiger partial charge in [-0.2, -0.15) is 4.98 Å². The smallest absolute Gasteiger partial charge is 0.240 e. The topological polar surface area (TPSA) is 42.2 Å². The van der Waals surface area contributed by atoms with Crippen LogP contribution in [0.2, 0.25) is 0 Å². The lowest BCUT2D eigenvalue weighted by Gasteiger charge is -2.15. The van der Waals surface area contributed by atoms with Crippen molar-refractivity contribution in [2.45, 2.75) is 33.7 Å². The van der Waals surface area contributed by atoms with E-state index in [2.05, 4.69) is 28.9 Å². The van der Waals surface area contributed by atoms with Crippen molar-refractivity contribution in [3.63, 3.8) is 0 Å². The van der Waals surface area contributed by atoms with Crippen LogP contribution in [0, 0.1) is 18.8 Å². The maximum Gasteiger partial charge on any atom is 0.240 e. The Balaban J connectivity index is 1.87. The molecule has 0 radical (unpaired) electrons. The number of hydrogen-bond donors (Lipinski definition) is 0. The summed E-state index contributed by atoms with van der Waals surface area (Å²) in [5.74, 6) is 3.08. The predicted octanol–water partition coefficient (Wildman–Crippen LogP) is 1.86. The van der Waals surface area contributed by atoms with E-state index in [1.165, 1.54) is 13.0 Å². The van der Waals surface area contributed by atoms with Crippen LogP contribution < -0.4 is 0 Å². The molecule has 1 aromatic heterocycles. The molecule has 4 nitrogen and oxygen atoms in total. The fraction of sp³-hybridized carbons (Fsp3) is 0.818. The number of aryl methyl sites for hydroxylation is 1. The van der Waals surface area contributed by atoms with Gasteiger partial charge in [0.15, 0.2) is 5.82 Å². The summed E-state index contributed by atoms with van der Waals surface area (Å²) >= 11 is 0. The summed E-state index contributed by atoms with van der Waals surface area (Å²) in [5, 5.41) is 3.80. The van der Waals surface area contributed by atoms with E-state index in [4.69, 9.17) is 4.52 Å². The van der Waals surface area contributed by atoms with Crippen LogP contribution in [0.3, 0.4) is 0 Å². The molecule has 1 atom stereocenters. The quantitative estimate of drug-likeness (QED) is 0.762. The first-order chi connectivity index (χ1) is 7.15. The van der Waals surface area contributed by atoms with Crippen molar-refractivity contribution in [2.75, 3.05) is 13.1 Å². The number of likely N-dealkylation sites (tertiary alicyclic amines) is 1. The highest BCUT2D eigenvalue weighted by molar-refractivity contribution is 4.86. The van der Waals surface area contributed by atoms with Crippen LogP contribution in [0.25, 0.3) is 0 Å². The molecule has 15 heavy (non-hydrogen) atoms. The van der Waals surface area contributed by atoms with Crippen LogP contribution in [0.15, 0.2) is 4.52 Å². The lowest BCUT2D eigenvalue weighted by Crippen LogP contribution is -2.21. The molecule has 2 heterocycles. The van der Waals surface area contributed by atoms with Crippen LogP contribution in [0.1, 0.15) is 32.0 Å². The van der Waals surface area contributed by atoms with Crippen molar-refractivity contribution in [3.05, 3.63) is 11.7 Å². The Bertz CT molecular complexity index is 321. The van der Waals surface area contributed by atoms with Crippen molar-refractivity contribution in [1.29, 1.82) is 0 Å². The molecular formula is C11H19N3O. The normalized spacial score (nSPS) is 22.8. The summed E-state index contributed by atoms with van der Waals surface area (Å²) in [6.07, 6.45) is 1.30. The monoisotopic (exact) mass is 209 g/mol. The zero-order valence-electron chi connectivity index (χ0n) is 9.73. The summed E-state index contributed by atoms with van der Waals surface area (Å²) in [4.78, 5) is 6.63. The van der Waals surface area contributed by atoms with Crippen LogP contribution in [0.5, 0.6) is 0 Å². The Kier molecular flexibility index (Phi) is 3.05. The molecule has 1 aliphatic heterocycles. The molecule has 0 saturated carbocycles. The predicted molar refractivity (Wildman–Crippen MR) is 57.3 cm³/mol. The van der Waals surface area contributed by atoms with Gasteiger partial charge >= 0.3 is 0 Å². The Labute approximate surface area is 90.7 Å². The molecule has 4 heteroatoms. The minimum absolute atomic E-state index is 0.726. The maximum atomic E-state index is 5.12. The molecule has 1 aliphatic rings. The van der Waals surface area contributed by atoms with Gasteiger partial charge in [-0.15, -0.1) is 0 Å². The Hall–Kier alpha value is -0.900. The van der Waals surface area contributed by atoms with E-state index in [0.717, 1.165) is 36.6 Å². The van der Waals surface area contributed by atoms with Crippen molar-refractivity contribution in [3.8, 4) is 0 Å². The van der Waals surface area contributed by atoms with E-state index in [1.54, 1.807) is 0 Å². The molecule has 0 amide bonds. The lowest BCUT2D eigenvalue weighted by atomic mass is 9.95. The van der Waals surface area contributed by atoms with Crippen molar-refractivity contribution in [1.82, 2.24) is 15.0 Å². The van der Waals surface area contributed by atoms with E-state index in [9.17, 15) is 0 Å². The first-order valence-electron chi connectivity index (χ1n) is 5.66. The van der Waals surface area contributed by atoms with E-state index < -0.39 is 0 Å². The van der Waals surface area contributed by atoms with Gasteiger partial charge in [-0.1, -0.05) is 19.0 Å². The molecule has 1 saturated heterocycles. The minimum Gasteiger partial charge on any atom is -0.338 e. The van der Waals surface area contributed by atoms with Crippen molar-refractivity contribution in [2.24, 2.45) is 11.8 Å². The summed E-state index contributed by atoms with van der Waals surface area (Å²) in [6.45, 7) is 9.58. The zero-order valence-corrected chi connectivity index (χ0v) is 9.73. The van der Waals surface area contributed by atoms with E-state index in [1.807, 2.05) is 6.92 Å². The molecule has 0 aromatic carbocycles. The molecule has 0 spiro atoms. The molecule has 84 valence electrons. The van der Waals surface area contributed by atoms with Gasteiger partial charge in [0, 0.05) is 6.54 Å². The first kappa shape index (κ1) is 10.6. The van der Waals surface area contributed by atoms with Crippen LogP contribution in [-0.2, 0) is 6.54 Å². The first-order valence-corrected chi connectivity index (χ1v) is 5.66. The Morgan fingerprint density at radius 2 is 2.33 bits per heavy atom. The summed E-state index contributed by atoms with van der Waals surface area (Å²) < 4.78 is 5.12.